The van der Waals surface area contributed by atoms with Gasteiger partial charge in [-0.05, 0) is 123 Å². The maximum absolute atomic E-state index is 11.3. The predicted molar refractivity (Wildman–Crippen MR) is 115 cm³/mol. The lowest BCUT2D eigenvalue weighted by atomic mass is 9.46. The Labute approximate surface area is 179 Å². The van der Waals surface area contributed by atoms with Crippen molar-refractivity contribution in [2.75, 3.05) is 0 Å². The summed E-state index contributed by atoms with van der Waals surface area (Å²) in [5.41, 5.74) is 2.81. The van der Waals surface area contributed by atoms with E-state index in [9.17, 15) is 15.1 Å². The second-order valence-corrected chi connectivity index (χ2v) is 11.3. The Morgan fingerprint density at radius 1 is 1.20 bits per heavy atom. The average Bonchev–Trinajstić information content (AvgIpc) is 3.68. The van der Waals surface area contributed by atoms with Crippen LogP contribution in [0.5, 0.6) is 0 Å². The van der Waals surface area contributed by atoms with Crippen LogP contribution in [0.15, 0.2) is 29.0 Å². The first-order chi connectivity index (χ1) is 14.6. The number of fused-ring (bicyclic) bond motifs is 7. The van der Waals surface area contributed by atoms with Crippen LogP contribution in [0.25, 0.3) is 0 Å². The second-order valence-electron chi connectivity index (χ2n) is 11.3. The maximum Gasteiger partial charge on any atom is 0.327 e. The summed E-state index contributed by atoms with van der Waals surface area (Å²) in [5, 5.41) is 22.2. The normalized spacial score (nSPS) is 50.4. The fraction of sp³-hybridized carbons (Fsp3) is 0.769. The van der Waals surface area contributed by atoms with Gasteiger partial charge in [0.05, 0.1) is 5.71 Å². The highest BCUT2D eigenvalue weighted by Gasteiger charge is 2.71. The first-order valence-electron chi connectivity index (χ1n) is 12.4. The van der Waals surface area contributed by atoms with Crippen molar-refractivity contribution < 1.29 is 15.1 Å². The summed E-state index contributed by atoms with van der Waals surface area (Å²) in [6.07, 6.45) is 17.0. The minimum absolute atomic E-state index is 0.335. The third kappa shape index (κ3) is 2.64. The van der Waals surface area contributed by atoms with Gasteiger partial charge in [-0.3, -0.25) is 0 Å². The second kappa shape index (κ2) is 6.71. The van der Waals surface area contributed by atoms with Crippen molar-refractivity contribution in [1.82, 2.24) is 0 Å². The molecule has 4 heteroatoms. The minimum atomic E-state index is -0.789. The quantitative estimate of drug-likeness (QED) is 0.364. The maximum atomic E-state index is 11.3. The van der Waals surface area contributed by atoms with Gasteiger partial charge in [0, 0.05) is 6.08 Å². The van der Waals surface area contributed by atoms with Gasteiger partial charge in [-0.2, -0.15) is 0 Å². The molecule has 0 spiro atoms. The Morgan fingerprint density at radius 3 is 2.73 bits per heavy atom. The summed E-state index contributed by atoms with van der Waals surface area (Å²) in [4.78, 5) is 11.3. The largest absolute Gasteiger partial charge is 0.478 e. The molecule has 0 saturated heterocycles. The van der Waals surface area contributed by atoms with Crippen LogP contribution in [-0.2, 0) is 4.79 Å². The summed E-state index contributed by atoms with van der Waals surface area (Å²) >= 11 is 0. The van der Waals surface area contributed by atoms with Gasteiger partial charge in [-0.1, -0.05) is 23.7 Å². The van der Waals surface area contributed by atoms with Crippen LogP contribution in [0.2, 0.25) is 0 Å². The zero-order valence-corrected chi connectivity index (χ0v) is 18.0. The van der Waals surface area contributed by atoms with E-state index in [4.69, 9.17) is 0 Å². The lowest BCUT2D eigenvalue weighted by Crippen LogP contribution is -2.52. The standard InChI is InChI=1S/C26H35NO3/c1-2-26-10-9-18-17-6-5-16(27-30)11-15(17)12-19(14-3-4-14)24(18)25(26)21-13-20(21)22(26)7-8-23(28)29/h7-8,11,14,17-22,24-25,30H,2-6,9-10,12-13H2,1H3,(H,28,29)/b8-7-,27-16+/t17?,18?,19?,20?,21?,22-,24?,25?,26?/m1/s1. The molecule has 0 aromatic heterocycles. The summed E-state index contributed by atoms with van der Waals surface area (Å²) in [6, 6.07) is 0. The first-order valence-corrected chi connectivity index (χ1v) is 12.4. The van der Waals surface area contributed by atoms with Gasteiger partial charge in [0.15, 0.2) is 0 Å². The highest BCUT2D eigenvalue weighted by atomic mass is 16.4. The number of hydrogen-bond acceptors (Lipinski definition) is 3. The number of oxime groups is 1. The molecule has 5 saturated carbocycles. The number of nitrogens with zero attached hydrogens (tertiary/aromatic N) is 1. The molecule has 30 heavy (non-hydrogen) atoms. The molecule has 6 rings (SSSR count). The van der Waals surface area contributed by atoms with Crippen LogP contribution in [0.4, 0.5) is 0 Å². The Kier molecular flexibility index (Phi) is 4.28. The van der Waals surface area contributed by atoms with Gasteiger partial charge in [0.2, 0.25) is 0 Å². The van der Waals surface area contributed by atoms with Crippen molar-refractivity contribution in [1.29, 1.82) is 0 Å². The number of carboxylic acid groups (broad SMARTS) is 1. The summed E-state index contributed by atoms with van der Waals surface area (Å²) in [5.74, 6) is 6.08. The zero-order chi connectivity index (χ0) is 20.6. The number of carboxylic acids is 1. The highest BCUT2D eigenvalue weighted by molar-refractivity contribution is 5.96. The van der Waals surface area contributed by atoms with E-state index in [1.165, 1.54) is 51.0 Å². The van der Waals surface area contributed by atoms with Crippen molar-refractivity contribution in [2.24, 2.45) is 63.8 Å². The molecule has 9 atom stereocenters. The molecule has 162 valence electrons. The van der Waals surface area contributed by atoms with E-state index in [0.29, 0.717) is 17.3 Å². The molecule has 6 aliphatic rings. The number of hydrogen-bond donors (Lipinski definition) is 2. The molecule has 0 bridgehead atoms. The lowest BCUT2D eigenvalue weighted by molar-refractivity contribution is -0.131. The van der Waals surface area contributed by atoms with Crippen molar-refractivity contribution in [3.05, 3.63) is 23.8 Å². The van der Waals surface area contributed by atoms with Crippen molar-refractivity contribution in [3.8, 4) is 0 Å². The zero-order valence-electron chi connectivity index (χ0n) is 18.0. The average molecular weight is 410 g/mol. The monoisotopic (exact) mass is 409 g/mol. The predicted octanol–water partition coefficient (Wildman–Crippen LogP) is 5.53. The van der Waals surface area contributed by atoms with E-state index in [1.807, 2.05) is 0 Å². The molecular weight excluding hydrogens is 374 g/mol. The fourth-order valence-corrected chi connectivity index (χ4v) is 9.33. The van der Waals surface area contributed by atoms with E-state index in [-0.39, 0.29) is 0 Å². The Hall–Kier alpha value is -1.58. The van der Waals surface area contributed by atoms with Crippen molar-refractivity contribution in [3.63, 3.8) is 0 Å². The topological polar surface area (TPSA) is 69.9 Å². The molecule has 0 radical (unpaired) electrons. The van der Waals surface area contributed by atoms with Gasteiger partial charge in [0.25, 0.3) is 0 Å². The number of allylic oxidation sites excluding steroid dienone is 3. The lowest BCUT2D eigenvalue weighted by Gasteiger charge is -2.59. The minimum Gasteiger partial charge on any atom is -0.478 e. The molecule has 6 aliphatic carbocycles. The van der Waals surface area contributed by atoms with Crippen molar-refractivity contribution >= 4 is 11.7 Å². The molecule has 5 fully saturated rings. The summed E-state index contributed by atoms with van der Waals surface area (Å²) < 4.78 is 0. The van der Waals surface area contributed by atoms with Crippen LogP contribution in [0.1, 0.15) is 64.7 Å². The van der Waals surface area contributed by atoms with Crippen LogP contribution in [-0.4, -0.2) is 22.0 Å². The van der Waals surface area contributed by atoms with Crippen LogP contribution >= 0.6 is 0 Å². The number of rotatable bonds is 4. The van der Waals surface area contributed by atoms with E-state index >= 15 is 0 Å². The van der Waals surface area contributed by atoms with Gasteiger partial charge in [-0.15, -0.1) is 0 Å². The Morgan fingerprint density at radius 2 is 2.03 bits per heavy atom. The molecule has 4 nitrogen and oxygen atoms in total. The fourth-order valence-electron chi connectivity index (χ4n) is 9.33. The van der Waals surface area contributed by atoms with Crippen LogP contribution < -0.4 is 0 Å². The molecule has 0 aromatic carbocycles. The molecule has 0 aromatic rings. The first kappa shape index (κ1) is 19.1. The van der Waals surface area contributed by atoms with Gasteiger partial charge in [-0.25, -0.2) is 4.79 Å². The van der Waals surface area contributed by atoms with Crippen LogP contribution in [0.3, 0.4) is 0 Å². The number of carbonyl (C=O) groups is 1. The molecule has 0 aliphatic heterocycles. The third-order valence-corrected chi connectivity index (χ3v) is 10.5. The summed E-state index contributed by atoms with van der Waals surface area (Å²) in [7, 11) is 0. The van der Waals surface area contributed by atoms with E-state index in [2.05, 4.69) is 24.2 Å². The highest BCUT2D eigenvalue weighted by Crippen LogP contribution is 2.77. The summed E-state index contributed by atoms with van der Waals surface area (Å²) in [6.45, 7) is 2.38. The Balaban J connectivity index is 1.39. The van der Waals surface area contributed by atoms with Gasteiger partial charge < -0.3 is 10.3 Å². The molecule has 0 amide bonds. The Bertz CT molecular complexity index is 839. The SMILES string of the molecule is CCC12CCC3C4CC/C(=N\O)C=C4CC(C4CC4)C3C1C1CC1[C@H]2/C=C\C(=O)O. The molecule has 8 unspecified atom stereocenters. The van der Waals surface area contributed by atoms with E-state index in [0.717, 1.165) is 60.0 Å². The van der Waals surface area contributed by atoms with Crippen LogP contribution in [0, 0.1) is 58.7 Å². The van der Waals surface area contributed by atoms with E-state index in [1.54, 1.807) is 5.57 Å². The van der Waals surface area contributed by atoms with Crippen molar-refractivity contribution in [2.45, 2.75) is 64.7 Å². The van der Waals surface area contributed by atoms with E-state index < -0.39 is 5.97 Å². The third-order valence-electron chi connectivity index (χ3n) is 10.5. The smallest absolute Gasteiger partial charge is 0.327 e. The van der Waals surface area contributed by atoms with Gasteiger partial charge >= 0.3 is 5.97 Å². The molecule has 0 heterocycles. The molecular formula is C26H35NO3. The van der Waals surface area contributed by atoms with Gasteiger partial charge in [0.1, 0.15) is 0 Å². The number of aliphatic carboxylic acids is 1. The molecule has 2 N–H and O–H groups in total.